The van der Waals surface area contributed by atoms with Gasteiger partial charge in [-0.25, -0.2) is 0 Å². The molecule has 0 saturated heterocycles. The predicted molar refractivity (Wildman–Crippen MR) is 134 cm³/mol. The number of hydrogen-bond acceptors (Lipinski definition) is 0. The fourth-order valence-corrected chi connectivity index (χ4v) is 6.48. The standard InChI is InChI=1S/C31H38/c1-28(2,3)24-17-11-12-18-25(24)29(4,5)21-30(6)22-31(7,23-15-9-8-10-16-23)27-20-14-13-19-26(27)30/h8-20H,21-22H2,1-7H3. The fourth-order valence-electron chi connectivity index (χ4n) is 6.48. The molecule has 0 aromatic heterocycles. The Labute approximate surface area is 189 Å². The molecule has 3 aromatic carbocycles. The van der Waals surface area contributed by atoms with Crippen LogP contribution in [0.3, 0.4) is 0 Å². The molecule has 0 bridgehead atoms. The minimum absolute atomic E-state index is 0.0478. The normalized spacial score (nSPS) is 23.6. The van der Waals surface area contributed by atoms with Crippen LogP contribution in [0.5, 0.6) is 0 Å². The maximum atomic E-state index is 2.50. The van der Waals surface area contributed by atoms with E-state index in [2.05, 4.69) is 127 Å². The summed E-state index contributed by atoms with van der Waals surface area (Å²) in [5.74, 6) is 0. The van der Waals surface area contributed by atoms with Crippen molar-refractivity contribution in [2.24, 2.45) is 0 Å². The van der Waals surface area contributed by atoms with Crippen molar-refractivity contribution in [2.75, 3.05) is 0 Å². The highest BCUT2D eigenvalue weighted by Crippen LogP contribution is 2.56. The largest absolute Gasteiger partial charge is 0.0622 e. The molecule has 0 fully saturated rings. The lowest BCUT2D eigenvalue weighted by atomic mass is 9.64. The summed E-state index contributed by atoms with van der Waals surface area (Å²) < 4.78 is 0. The highest BCUT2D eigenvalue weighted by Gasteiger charge is 2.50. The van der Waals surface area contributed by atoms with Crippen LogP contribution in [0, 0.1) is 0 Å². The second kappa shape index (κ2) is 7.37. The van der Waals surface area contributed by atoms with Crippen LogP contribution < -0.4 is 0 Å². The molecular weight excluding hydrogens is 372 g/mol. The van der Waals surface area contributed by atoms with Crippen molar-refractivity contribution in [1.29, 1.82) is 0 Å². The molecule has 0 N–H and O–H groups in total. The second-order valence-electron chi connectivity index (χ2n) is 11.8. The molecule has 2 unspecified atom stereocenters. The van der Waals surface area contributed by atoms with Gasteiger partial charge in [-0.2, -0.15) is 0 Å². The molecule has 0 spiro atoms. The highest BCUT2D eigenvalue weighted by molar-refractivity contribution is 5.52. The number of fused-ring (bicyclic) bond motifs is 1. The van der Waals surface area contributed by atoms with Crippen molar-refractivity contribution >= 4 is 0 Å². The molecule has 4 rings (SSSR count). The van der Waals surface area contributed by atoms with Gasteiger partial charge in [-0.15, -0.1) is 0 Å². The SMILES string of the molecule is CC(C)(C)c1ccccc1C(C)(C)CC1(C)CC(C)(c2ccccc2)c2ccccc21. The number of hydrogen-bond donors (Lipinski definition) is 0. The maximum absolute atomic E-state index is 2.50. The smallest absolute Gasteiger partial charge is 0.0186 e. The summed E-state index contributed by atoms with van der Waals surface area (Å²) in [6.45, 7) is 16.8. The lowest BCUT2D eigenvalue weighted by Gasteiger charge is -2.40. The molecule has 0 radical (unpaired) electrons. The first-order valence-corrected chi connectivity index (χ1v) is 11.7. The molecule has 0 saturated carbocycles. The van der Waals surface area contributed by atoms with E-state index in [0.717, 1.165) is 12.8 Å². The summed E-state index contributed by atoms with van der Waals surface area (Å²) in [5.41, 5.74) is 7.82. The predicted octanol–water partition coefficient (Wildman–Crippen LogP) is 8.32. The van der Waals surface area contributed by atoms with E-state index in [0.29, 0.717) is 0 Å². The van der Waals surface area contributed by atoms with E-state index >= 15 is 0 Å². The third-order valence-corrected chi connectivity index (χ3v) is 7.62. The number of rotatable bonds is 4. The van der Waals surface area contributed by atoms with Crippen LogP contribution in [0.25, 0.3) is 0 Å². The Morgan fingerprint density at radius 3 is 1.77 bits per heavy atom. The van der Waals surface area contributed by atoms with Crippen LogP contribution in [-0.4, -0.2) is 0 Å². The lowest BCUT2D eigenvalue weighted by molar-refractivity contribution is 0.293. The van der Waals surface area contributed by atoms with Gasteiger partial charge in [-0.3, -0.25) is 0 Å². The van der Waals surface area contributed by atoms with Gasteiger partial charge in [0.25, 0.3) is 0 Å². The van der Waals surface area contributed by atoms with E-state index in [1.165, 1.54) is 27.8 Å². The van der Waals surface area contributed by atoms with E-state index in [1.807, 2.05) is 0 Å². The van der Waals surface area contributed by atoms with Gasteiger partial charge in [-0.05, 0) is 56.9 Å². The van der Waals surface area contributed by atoms with Gasteiger partial charge < -0.3 is 0 Å². The molecule has 2 atom stereocenters. The van der Waals surface area contributed by atoms with Crippen LogP contribution in [0.15, 0.2) is 78.9 Å². The van der Waals surface area contributed by atoms with Gasteiger partial charge >= 0.3 is 0 Å². The lowest BCUT2D eigenvalue weighted by Crippen LogP contribution is -2.34. The van der Waals surface area contributed by atoms with Crippen LogP contribution in [0.2, 0.25) is 0 Å². The third kappa shape index (κ3) is 3.75. The summed E-state index contributed by atoms with van der Waals surface area (Å²) in [5, 5.41) is 0. The summed E-state index contributed by atoms with van der Waals surface area (Å²) in [4.78, 5) is 0. The van der Waals surface area contributed by atoms with Gasteiger partial charge in [0.1, 0.15) is 0 Å². The van der Waals surface area contributed by atoms with E-state index in [1.54, 1.807) is 0 Å². The average Bonchev–Trinajstić information content (AvgIpc) is 2.96. The van der Waals surface area contributed by atoms with E-state index in [4.69, 9.17) is 0 Å². The molecule has 31 heavy (non-hydrogen) atoms. The first kappa shape index (κ1) is 21.9. The highest BCUT2D eigenvalue weighted by atomic mass is 14.5. The minimum atomic E-state index is 0.0478. The van der Waals surface area contributed by atoms with Crippen LogP contribution in [0.4, 0.5) is 0 Å². The van der Waals surface area contributed by atoms with Crippen molar-refractivity contribution in [1.82, 2.24) is 0 Å². The quantitative estimate of drug-likeness (QED) is 0.405. The van der Waals surface area contributed by atoms with Crippen molar-refractivity contribution in [2.45, 2.75) is 83.0 Å². The zero-order valence-corrected chi connectivity index (χ0v) is 20.4. The second-order valence-corrected chi connectivity index (χ2v) is 11.8. The Kier molecular flexibility index (Phi) is 5.20. The molecule has 0 nitrogen and oxygen atoms in total. The molecule has 0 aliphatic heterocycles. The zero-order chi connectivity index (χ0) is 22.5. The summed E-state index contributed by atoms with van der Waals surface area (Å²) in [7, 11) is 0. The zero-order valence-electron chi connectivity index (χ0n) is 20.4. The number of benzene rings is 3. The summed E-state index contributed by atoms with van der Waals surface area (Å²) in [6.07, 6.45) is 2.27. The Hall–Kier alpha value is -2.34. The fraction of sp³-hybridized carbons (Fsp3) is 0.419. The van der Waals surface area contributed by atoms with Crippen molar-refractivity contribution in [3.63, 3.8) is 0 Å². The van der Waals surface area contributed by atoms with Crippen LogP contribution in [0.1, 0.15) is 89.1 Å². The first-order valence-electron chi connectivity index (χ1n) is 11.7. The van der Waals surface area contributed by atoms with E-state index in [9.17, 15) is 0 Å². The van der Waals surface area contributed by atoms with Crippen molar-refractivity contribution in [3.8, 4) is 0 Å². The third-order valence-electron chi connectivity index (χ3n) is 7.62. The molecule has 0 heteroatoms. The Balaban J connectivity index is 1.79. The molecule has 162 valence electrons. The monoisotopic (exact) mass is 410 g/mol. The molecule has 1 aliphatic rings. The molecule has 3 aromatic rings. The maximum Gasteiger partial charge on any atom is 0.0186 e. The summed E-state index contributed by atoms with van der Waals surface area (Å²) >= 11 is 0. The van der Waals surface area contributed by atoms with E-state index in [-0.39, 0.29) is 21.7 Å². The van der Waals surface area contributed by atoms with Crippen molar-refractivity contribution in [3.05, 3.63) is 107 Å². The molecule has 0 amide bonds. The molecule has 1 aliphatic carbocycles. The van der Waals surface area contributed by atoms with Gasteiger partial charge in [0.2, 0.25) is 0 Å². The topological polar surface area (TPSA) is 0 Å². The van der Waals surface area contributed by atoms with Crippen molar-refractivity contribution < 1.29 is 0 Å². The molecule has 0 heterocycles. The van der Waals surface area contributed by atoms with Gasteiger partial charge in [0.15, 0.2) is 0 Å². The van der Waals surface area contributed by atoms with E-state index < -0.39 is 0 Å². The Bertz CT molecular complexity index is 1070. The van der Waals surface area contributed by atoms with Crippen LogP contribution in [-0.2, 0) is 21.7 Å². The Morgan fingerprint density at radius 2 is 1.16 bits per heavy atom. The summed E-state index contributed by atoms with van der Waals surface area (Å²) in [6, 6.07) is 29.4. The van der Waals surface area contributed by atoms with Gasteiger partial charge in [0, 0.05) is 5.41 Å². The van der Waals surface area contributed by atoms with Crippen LogP contribution >= 0.6 is 0 Å². The average molecular weight is 411 g/mol. The first-order chi connectivity index (χ1) is 14.5. The van der Waals surface area contributed by atoms with Gasteiger partial charge in [0.05, 0.1) is 0 Å². The van der Waals surface area contributed by atoms with Gasteiger partial charge in [-0.1, -0.05) is 127 Å². The minimum Gasteiger partial charge on any atom is -0.0622 e. The molecular formula is C31H38. The Morgan fingerprint density at radius 1 is 0.645 bits per heavy atom.